The number of nitro groups is 1. The fraction of sp³-hybridized carbons (Fsp3) is 0.429. The van der Waals surface area contributed by atoms with E-state index >= 15 is 0 Å². The number of sulfonamides is 1. The molecule has 0 aliphatic rings. The van der Waals surface area contributed by atoms with Crippen LogP contribution in [0.5, 0.6) is 0 Å². The normalized spacial score (nSPS) is 13.2. The highest BCUT2D eigenvalue weighted by Gasteiger charge is 2.25. The zero-order chi connectivity index (χ0) is 14.6. The zero-order valence-electron chi connectivity index (χ0n) is 9.78. The van der Waals surface area contributed by atoms with Gasteiger partial charge in [-0.15, -0.1) is 0 Å². The monoisotopic (exact) mass is 328 g/mol. The van der Waals surface area contributed by atoms with Crippen molar-refractivity contribution in [2.75, 3.05) is 24.0 Å². The summed E-state index contributed by atoms with van der Waals surface area (Å²) < 4.78 is 36.5. The maximum Gasteiger partial charge on any atom is 0.306 e. The van der Waals surface area contributed by atoms with Gasteiger partial charge in [-0.05, 0) is 0 Å². The topological polar surface area (TPSA) is 144 Å². The smallest absolute Gasteiger partial charge is 0.306 e. The van der Waals surface area contributed by atoms with Gasteiger partial charge in [0.25, 0.3) is 0 Å². The first kappa shape index (κ1) is 16.0. The second-order valence-corrected chi connectivity index (χ2v) is 7.96. The van der Waals surface area contributed by atoms with Gasteiger partial charge in [-0.1, -0.05) is 11.3 Å². The summed E-state index contributed by atoms with van der Waals surface area (Å²) in [6.45, 7) is -0.0114. The van der Waals surface area contributed by atoms with Crippen LogP contribution in [-0.4, -0.2) is 36.1 Å². The highest BCUT2D eigenvalue weighted by molar-refractivity contribution is 7.91. The lowest BCUT2D eigenvalue weighted by Crippen LogP contribution is -2.27. The Balaban J connectivity index is 2.95. The number of hydrogen-bond donors (Lipinski definition) is 3. The molecule has 0 aliphatic carbocycles. The number of nitrogens with two attached hydrogens (primary N) is 1. The van der Waals surface area contributed by atoms with Crippen LogP contribution >= 0.6 is 11.3 Å². The van der Waals surface area contributed by atoms with Crippen molar-refractivity contribution in [1.82, 2.24) is 4.72 Å². The van der Waals surface area contributed by atoms with Gasteiger partial charge >= 0.3 is 5.69 Å². The van der Waals surface area contributed by atoms with Gasteiger partial charge in [0.05, 0.1) is 4.92 Å². The predicted molar refractivity (Wildman–Crippen MR) is 72.9 cm³/mol. The Morgan fingerprint density at radius 3 is 2.63 bits per heavy atom. The van der Waals surface area contributed by atoms with Crippen LogP contribution < -0.4 is 16.0 Å². The van der Waals surface area contributed by atoms with Crippen LogP contribution in [0.1, 0.15) is 0 Å². The molecule has 0 fully saturated rings. The van der Waals surface area contributed by atoms with Crippen molar-refractivity contribution in [3.63, 3.8) is 0 Å². The van der Waals surface area contributed by atoms with E-state index in [2.05, 4.69) is 10.1 Å². The Bertz CT molecular complexity index is 596. The molecule has 12 heteroatoms. The first-order valence-electron chi connectivity index (χ1n) is 4.82. The summed E-state index contributed by atoms with van der Waals surface area (Å²) in [4.78, 5) is 9.96. The first-order valence-corrected chi connectivity index (χ1v) is 8.85. The van der Waals surface area contributed by atoms with Crippen LogP contribution in [0.2, 0.25) is 0 Å². The summed E-state index contributed by atoms with van der Waals surface area (Å²) >= 11 is 0.650. The predicted octanol–water partition coefficient (Wildman–Crippen LogP) is -0.401. The number of hydrogen-bond acceptors (Lipinski definition) is 8. The third-order valence-electron chi connectivity index (χ3n) is 1.96. The quantitative estimate of drug-likeness (QED) is 0.351. The number of nitrogen functional groups attached to an aromatic ring is 1. The maximum atomic E-state index is 11.8. The van der Waals surface area contributed by atoms with E-state index in [4.69, 9.17) is 5.84 Å². The average molecular weight is 328 g/mol. The molecule has 0 aromatic carbocycles. The molecule has 0 aliphatic heterocycles. The van der Waals surface area contributed by atoms with Crippen molar-refractivity contribution in [3.8, 4) is 0 Å². The van der Waals surface area contributed by atoms with Gasteiger partial charge in [-0.3, -0.25) is 14.3 Å². The lowest BCUT2D eigenvalue weighted by atomic mass is 10.5. The Morgan fingerprint density at radius 1 is 1.58 bits per heavy atom. The van der Waals surface area contributed by atoms with Crippen molar-refractivity contribution in [3.05, 3.63) is 16.2 Å². The number of rotatable bonds is 7. The summed E-state index contributed by atoms with van der Waals surface area (Å²) in [6, 6.07) is 0.922. The number of thiophene rings is 1. The molecule has 9 nitrogen and oxygen atoms in total. The SMILES string of the molecule is CS(=O)CCNS(=O)(=O)c1cc([N+](=O)[O-])c(NN)s1. The minimum Gasteiger partial charge on any atom is -0.310 e. The molecule has 1 aromatic heterocycles. The molecule has 0 saturated heterocycles. The lowest BCUT2D eigenvalue weighted by Gasteiger charge is -2.02. The van der Waals surface area contributed by atoms with Gasteiger partial charge in [-0.25, -0.2) is 19.0 Å². The molecular formula is C7H12N4O5S3. The van der Waals surface area contributed by atoms with Crippen LogP contribution in [0.3, 0.4) is 0 Å². The Kier molecular flexibility index (Phi) is 5.37. The summed E-state index contributed by atoms with van der Waals surface area (Å²) in [5.41, 5.74) is 1.67. The molecule has 108 valence electrons. The van der Waals surface area contributed by atoms with Crippen LogP contribution in [0.15, 0.2) is 10.3 Å². The zero-order valence-corrected chi connectivity index (χ0v) is 12.2. The van der Waals surface area contributed by atoms with Gasteiger partial charge < -0.3 is 5.43 Å². The van der Waals surface area contributed by atoms with Crippen LogP contribution in [0, 0.1) is 10.1 Å². The largest absolute Gasteiger partial charge is 0.310 e. The summed E-state index contributed by atoms with van der Waals surface area (Å²) in [5.74, 6) is 5.25. The van der Waals surface area contributed by atoms with E-state index in [0.717, 1.165) is 6.07 Å². The minimum absolute atomic E-state index is 0.0114. The number of anilines is 1. The number of nitrogens with one attached hydrogen (secondary N) is 2. The standard InChI is InChI=1S/C7H12N4O5S3/c1-18(14)3-2-9-19(15,16)6-4-5(11(12)13)7(10-8)17-6/h4,9-10H,2-3,8H2,1H3. The van der Waals surface area contributed by atoms with Crippen LogP contribution in [-0.2, 0) is 20.8 Å². The Labute approximate surface area is 115 Å². The fourth-order valence-electron chi connectivity index (χ4n) is 1.12. The van der Waals surface area contributed by atoms with Crippen molar-refractivity contribution in [2.45, 2.75) is 4.21 Å². The molecular weight excluding hydrogens is 316 g/mol. The molecule has 0 saturated carbocycles. The van der Waals surface area contributed by atoms with Gasteiger partial charge in [0.2, 0.25) is 10.0 Å². The number of nitrogens with zero attached hydrogens (tertiary/aromatic N) is 1. The summed E-state index contributed by atoms with van der Waals surface area (Å²) in [5, 5.41) is 10.6. The first-order chi connectivity index (χ1) is 8.77. The second-order valence-electron chi connectivity index (χ2n) is 3.36. The highest BCUT2D eigenvalue weighted by atomic mass is 32.2. The molecule has 0 radical (unpaired) electrons. The molecule has 1 aromatic rings. The lowest BCUT2D eigenvalue weighted by molar-refractivity contribution is -0.383. The summed E-state index contributed by atoms with van der Waals surface area (Å²) in [6.07, 6.45) is 1.45. The van der Waals surface area contributed by atoms with Crippen LogP contribution in [0.25, 0.3) is 0 Å². The molecule has 0 spiro atoms. The van der Waals surface area contributed by atoms with Gasteiger partial charge in [0, 0.05) is 35.4 Å². The van der Waals surface area contributed by atoms with E-state index in [1.54, 1.807) is 0 Å². The fourth-order valence-corrected chi connectivity index (χ4v) is 3.95. The average Bonchev–Trinajstić information content (AvgIpc) is 2.72. The minimum atomic E-state index is -3.87. The number of hydrazine groups is 1. The van der Waals surface area contributed by atoms with Crippen molar-refractivity contribution in [2.24, 2.45) is 5.84 Å². The molecule has 1 rings (SSSR count). The van der Waals surface area contributed by atoms with Crippen molar-refractivity contribution >= 4 is 42.8 Å². The third-order valence-corrected chi connectivity index (χ3v) is 5.73. The van der Waals surface area contributed by atoms with Crippen molar-refractivity contribution in [1.29, 1.82) is 0 Å². The summed E-state index contributed by atoms with van der Waals surface area (Å²) in [7, 11) is -5.00. The van der Waals surface area contributed by atoms with Crippen LogP contribution in [0.4, 0.5) is 10.7 Å². The molecule has 1 atom stereocenters. The van der Waals surface area contributed by atoms with E-state index in [-0.39, 0.29) is 21.5 Å². The Hall–Kier alpha value is -1.08. The van der Waals surface area contributed by atoms with E-state index in [1.807, 2.05) is 0 Å². The Morgan fingerprint density at radius 2 is 2.21 bits per heavy atom. The molecule has 1 unspecified atom stereocenters. The van der Waals surface area contributed by atoms with E-state index in [9.17, 15) is 22.7 Å². The van der Waals surface area contributed by atoms with Gasteiger partial charge in [0.15, 0.2) is 5.00 Å². The molecule has 0 amide bonds. The van der Waals surface area contributed by atoms with Crippen molar-refractivity contribution < 1.29 is 17.6 Å². The molecule has 0 bridgehead atoms. The highest BCUT2D eigenvalue weighted by Crippen LogP contribution is 2.36. The molecule has 19 heavy (non-hydrogen) atoms. The van der Waals surface area contributed by atoms with E-state index in [0.29, 0.717) is 11.3 Å². The van der Waals surface area contributed by atoms with E-state index in [1.165, 1.54) is 6.26 Å². The third kappa shape index (κ3) is 4.21. The van der Waals surface area contributed by atoms with E-state index < -0.39 is 31.4 Å². The maximum absolute atomic E-state index is 11.8. The van der Waals surface area contributed by atoms with Gasteiger partial charge in [0.1, 0.15) is 4.21 Å². The molecule has 4 N–H and O–H groups in total. The van der Waals surface area contributed by atoms with Gasteiger partial charge in [-0.2, -0.15) is 0 Å². The molecule has 1 heterocycles. The second kappa shape index (κ2) is 6.38.